The number of nitrogens with one attached hydrogen (secondary N) is 1. The van der Waals surface area contributed by atoms with Crippen LogP contribution in [0.2, 0.25) is 0 Å². The van der Waals surface area contributed by atoms with E-state index in [4.69, 9.17) is 13.7 Å². The highest BCUT2D eigenvalue weighted by Gasteiger charge is 2.47. The molecule has 38 heavy (non-hydrogen) atoms. The maximum atomic E-state index is 13.7. The van der Waals surface area contributed by atoms with Gasteiger partial charge in [-0.15, -0.1) is 0 Å². The van der Waals surface area contributed by atoms with Crippen molar-refractivity contribution in [2.75, 3.05) is 35.3 Å². The number of ether oxygens (including phenoxy) is 2. The number of methoxy groups -OCH3 is 2. The largest absolute Gasteiger partial charge is 0.496 e. The summed E-state index contributed by atoms with van der Waals surface area (Å²) in [7, 11) is -0.555. The molecular weight excluding hydrogens is 506 g/mol. The summed E-state index contributed by atoms with van der Waals surface area (Å²) >= 11 is 0. The average molecular weight is 538 g/mol. The van der Waals surface area contributed by atoms with Crippen molar-refractivity contribution < 1.29 is 26.9 Å². The van der Waals surface area contributed by atoms with Gasteiger partial charge in [-0.2, -0.15) is 8.42 Å². The van der Waals surface area contributed by atoms with Crippen LogP contribution in [0.4, 0.5) is 17.1 Å². The van der Waals surface area contributed by atoms with Gasteiger partial charge in [0.1, 0.15) is 28.5 Å². The first-order valence-electron chi connectivity index (χ1n) is 12.4. The van der Waals surface area contributed by atoms with Crippen LogP contribution < -0.4 is 29.0 Å². The second-order valence-electron chi connectivity index (χ2n) is 9.79. The lowest BCUT2D eigenvalue weighted by Crippen LogP contribution is -2.57. The van der Waals surface area contributed by atoms with Gasteiger partial charge in [0.05, 0.1) is 37.9 Å². The maximum Gasteiger partial charge on any atom is 0.309 e. The summed E-state index contributed by atoms with van der Waals surface area (Å²) in [4.78, 5) is 13.7. The molecular formula is C28H31N3O6S. The summed E-state index contributed by atoms with van der Waals surface area (Å²) < 4.78 is 41.0. The van der Waals surface area contributed by atoms with Crippen molar-refractivity contribution in [3.63, 3.8) is 0 Å². The van der Waals surface area contributed by atoms with Crippen LogP contribution in [0, 0.1) is 0 Å². The standard InChI is InChI=1S/C28H31N3O6S/c1-6-15-38(33,34)37-18-11-12-20(25(16-18)36-5)19-13-14-22-26-21(19)17-30(23-9-7-8-10-24(23)35-4)31(26)27(32)28(2,3)29-22/h7-14,16,29H,6,15,17H2,1-5H3. The molecule has 0 saturated heterocycles. The van der Waals surface area contributed by atoms with Gasteiger partial charge in [-0.05, 0) is 56.2 Å². The van der Waals surface area contributed by atoms with Gasteiger partial charge in [0.25, 0.3) is 5.91 Å². The fourth-order valence-corrected chi connectivity index (χ4v) is 6.00. The van der Waals surface area contributed by atoms with Crippen molar-refractivity contribution in [3.8, 4) is 28.4 Å². The van der Waals surface area contributed by atoms with E-state index in [2.05, 4.69) is 5.32 Å². The minimum Gasteiger partial charge on any atom is -0.496 e. The van der Waals surface area contributed by atoms with E-state index in [0.717, 1.165) is 33.8 Å². The second kappa shape index (κ2) is 9.43. The molecule has 0 unspecified atom stereocenters. The minimum atomic E-state index is -3.69. The molecule has 2 aliphatic heterocycles. The van der Waals surface area contributed by atoms with Crippen LogP contribution in [-0.4, -0.2) is 39.8 Å². The van der Waals surface area contributed by atoms with E-state index in [9.17, 15) is 13.2 Å². The van der Waals surface area contributed by atoms with Crippen LogP contribution in [0.25, 0.3) is 11.1 Å². The van der Waals surface area contributed by atoms with Crippen molar-refractivity contribution >= 4 is 33.1 Å². The third-order valence-electron chi connectivity index (χ3n) is 6.72. The normalized spacial score (nSPS) is 15.7. The van der Waals surface area contributed by atoms with E-state index in [0.29, 0.717) is 24.5 Å². The summed E-state index contributed by atoms with van der Waals surface area (Å²) in [5, 5.41) is 7.04. The van der Waals surface area contributed by atoms with Crippen molar-refractivity contribution in [3.05, 3.63) is 60.2 Å². The van der Waals surface area contributed by atoms with Gasteiger partial charge in [-0.3, -0.25) is 9.80 Å². The summed E-state index contributed by atoms with van der Waals surface area (Å²) in [6.45, 7) is 5.91. The van der Waals surface area contributed by atoms with Gasteiger partial charge >= 0.3 is 10.1 Å². The van der Waals surface area contributed by atoms with Crippen molar-refractivity contribution in [1.29, 1.82) is 0 Å². The number of carbonyl (C=O) groups is 1. The molecule has 0 fully saturated rings. The molecule has 0 aromatic heterocycles. The third kappa shape index (κ3) is 4.28. The lowest BCUT2D eigenvalue weighted by atomic mass is 9.93. The molecule has 0 bridgehead atoms. The molecule has 0 aliphatic carbocycles. The molecule has 0 atom stereocenters. The Balaban J connectivity index is 1.64. The molecule has 0 spiro atoms. The highest BCUT2D eigenvalue weighted by Crippen LogP contribution is 2.51. The van der Waals surface area contributed by atoms with E-state index in [1.54, 1.807) is 37.2 Å². The van der Waals surface area contributed by atoms with Gasteiger partial charge in [0.2, 0.25) is 0 Å². The average Bonchev–Trinajstić information content (AvgIpc) is 3.28. The molecule has 0 saturated carbocycles. The molecule has 0 radical (unpaired) electrons. The molecule has 2 aliphatic rings. The Morgan fingerprint density at radius 2 is 1.68 bits per heavy atom. The topological polar surface area (TPSA) is 97.4 Å². The first-order valence-corrected chi connectivity index (χ1v) is 14.0. The predicted octanol–water partition coefficient (Wildman–Crippen LogP) is 4.96. The van der Waals surface area contributed by atoms with Gasteiger partial charge in [0, 0.05) is 17.2 Å². The number of amides is 1. The summed E-state index contributed by atoms with van der Waals surface area (Å²) in [5.74, 6) is 1.13. The quantitative estimate of drug-likeness (QED) is 0.403. The number of hydrogen-bond donors (Lipinski definition) is 1. The van der Waals surface area contributed by atoms with E-state index in [-0.39, 0.29) is 17.4 Å². The highest BCUT2D eigenvalue weighted by molar-refractivity contribution is 7.87. The smallest absolute Gasteiger partial charge is 0.309 e. The molecule has 10 heteroatoms. The number of hydrazine groups is 1. The van der Waals surface area contributed by atoms with Crippen molar-refractivity contribution in [1.82, 2.24) is 0 Å². The number of benzene rings is 3. The van der Waals surface area contributed by atoms with Gasteiger partial charge in [-0.25, -0.2) is 5.01 Å². The first-order chi connectivity index (χ1) is 18.1. The van der Waals surface area contributed by atoms with Crippen LogP contribution in [-0.2, 0) is 21.5 Å². The molecule has 1 N–H and O–H groups in total. The Hall–Kier alpha value is -3.92. The molecule has 9 nitrogen and oxygen atoms in total. The number of hydrogen-bond acceptors (Lipinski definition) is 8. The van der Waals surface area contributed by atoms with Crippen molar-refractivity contribution in [2.45, 2.75) is 39.3 Å². The molecule has 3 aromatic carbocycles. The Morgan fingerprint density at radius 1 is 0.974 bits per heavy atom. The summed E-state index contributed by atoms with van der Waals surface area (Å²) in [5.41, 5.74) is 4.10. The minimum absolute atomic E-state index is 0.0714. The van der Waals surface area contributed by atoms with Crippen LogP contribution in [0.3, 0.4) is 0 Å². The monoisotopic (exact) mass is 537 g/mol. The Kier molecular flexibility index (Phi) is 6.38. The van der Waals surface area contributed by atoms with E-state index in [1.165, 1.54) is 7.11 Å². The highest BCUT2D eigenvalue weighted by atomic mass is 32.2. The second-order valence-corrected chi connectivity index (χ2v) is 11.5. The SMILES string of the molecule is CCCS(=O)(=O)Oc1ccc(-c2ccc3c4c2CN(c2ccccc2OC)N4C(=O)C(C)(C)N3)c(OC)c1. The zero-order valence-corrected chi connectivity index (χ0v) is 22.9. The zero-order chi connectivity index (χ0) is 27.2. The first kappa shape index (κ1) is 25.7. The number of carbonyl (C=O) groups excluding carboxylic acids is 1. The molecule has 5 rings (SSSR count). The fraction of sp³-hybridized carbons (Fsp3) is 0.321. The van der Waals surface area contributed by atoms with Crippen LogP contribution in [0.5, 0.6) is 17.2 Å². The van der Waals surface area contributed by atoms with E-state index in [1.807, 2.05) is 55.3 Å². The third-order valence-corrected chi connectivity index (χ3v) is 8.08. The number of nitrogens with zero attached hydrogens (tertiary/aromatic N) is 2. The summed E-state index contributed by atoms with van der Waals surface area (Å²) in [6.07, 6.45) is 0.457. The summed E-state index contributed by atoms with van der Waals surface area (Å²) in [6, 6.07) is 16.5. The van der Waals surface area contributed by atoms with Gasteiger partial charge in [0.15, 0.2) is 0 Å². The zero-order valence-electron chi connectivity index (χ0n) is 22.1. The van der Waals surface area contributed by atoms with Crippen LogP contribution in [0.15, 0.2) is 54.6 Å². The van der Waals surface area contributed by atoms with Crippen LogP contribution in [0.1, 0.15) is 32.8 Å². The number of para-hydroxylation sites is 2. The van der Waals surface area contributed by atoms with E-state index >= 15 is 0 Å². The number of rotatable bonds is 8. The van der Waals surface area contributed by atoms with Crippen molar-refractivity contribution in [2.24, 2.45) is 0 Å². The Bertz CT molecular complexity index is 1520. The number of anilines is 3. The Labute approximate surface area is 223 Å². The molecule has 2 heterocycles. The molecule has 200 valence electrons. The lowest BCUT2D eigenvalue weighted by Gasteiger charge is -2.41. The van der Waals surface area contributed by atoms with E-state index < -0.39 is 15.7 Å². The fourth-order valence-electron chi connectivity index (χ4n) is 5.02. The predicted molar refractivity (Wildman–Crippen MR) is 148 cm³/mol. The van der Waals surface area contributed by atoms with Gasteiger partial charge in [-0.1, -0.05) is 25.1 Å². The lowest BCUT2D eigenvalue weighted by molar-refractivity contribution is -0.122. The van der Waals surface area contributed by atoms with Crippen LogP contribution >= 0.6 is 0 Å². The molecule has 3 aromatic rings. The molecule has 1 amide bonds. The van der Waals surface area contributed by atoms with Gasteiger partial charge < -0.3 is 19.0 Å². The Morgan fingerprint density at radius 3 is 2.39 bits per heavy atom. The maximum absolute atomic E-state index is 13.7.